The molecule has 4 N–H and O–H groups in total. The first-order valence-electron chi connectivity index (χ1n) is 7.43. The van der Waals surface area contributed by atoms with Crippen molar-refractivity contribution in [3.63, 3.8) is 0 Å². The van der Waals surface area contributed by atoms with Crippen molar-refractivity contribution in [3.05, 3.63) is 70.3 Å². The number of aromatic hydroxyl groups is 1. The van der Waals surface area contributed by atoms with Gasteiger partial charge in [0.1, 0.15) is 17.6 Å². The van der Waals surface area contributed by atoms with Crippen LogP contribution >= 0.6 is 11.6 Å². The van der Waals surface area contributed by atoms with E-state index >= 15 is 0 Å². The lowest BCUT2D eigenvalue weighted by Crippen LogP contribution is -2.00. The van der Waals surface area contributed by atoms with Crippen molar-refractivity contribution in [1.29, 1.82) is 0 Å². The molecule has 0 aliphatic carbocycles. The zero-order chi connectivity index (χ0) is 17.5. The Bertz CT molecular complexity index is 717. The molecule has 2 aromatic rings. The lowest BCUT2D eigenvalue weighted by molar-refractivity contribution is 0.145. The summed E-state index contributed by atoms with van der Waals surface area (Å²) in [6, 6.07) is 7.68. The molecular weight excluding hydrogens is 332 g/mol. The highest BCUT2D eigenvalue weighted by Crippen LogP contribution is 2.28. The van der Waals surface area contributed by atoms with Crippen LogP contribution in [0.15, 0.2) is 58.4 Å². The van der Waals surface area contributed by atoms with E-state index in [0.717, 1.165) is 0 Å². The van der Waals surface area contributed by atoms with Crippen LogP contribution < -0.4 is 0 Å². The molecule has 1 aromatic carbocycles. The average Bonchev–Trinajstić information content (AvgIpc) is 3.08. The number of phenolic OH excluding ortho intramolecular Hbond substituents is 1. The Kier molecular flexibility index (Phi) is 6.67. The first kappa shape index (κ1) is 18.3. The van der Waals surface area contributed by atoms with Crippen molar-refractivity contribution in [2.24, 2.45) is 0 Å². The van der Waals surface area contributed by atoms with E-state index in [0.29, 0.717) is 16.9 Å². The summed E-state index contributed by atoms with van der Waals surface area (Å²) >= 11 is 5.98. The molecule has 0 saturated carbocycles. The van der Waals surface area contributed by atoms with Gasteiger partial charge in [-0.3, -0.25) is 0 Å². The Morgan fingerprint density at radius 2 is 2.04 bits per heavy atom. The Hall–Kier alpha value is -2.01. The van der Waals surface area contributed by atoms with Crippen LogP contribution in [-0.2, 0) is 0 Å². The molecule has 24 heavy (non-hydrogen) atoms. The summed E-state index contributed by atoms with van der Waals surface area (Å²) in [5, 5.41) is 39.1. The molecule has 0 saturated heterocycles. The third-order valence-corrected chi connectivity index (χ3v) is 3.82. The predicted octanol–water partition coefficient (Wildman–Crippen LogP) is 3.26. The molecule has 1 aromatic heterocycles. The van der Waals surface area contributed by atoms with Gasteiger partial charge in [-0.25, -0.2) is 0 Å². The van der Waals surface area contributed by atoms with Gasteiger partial charge in [-0.2, -0.15) is 0 Å². The van der Waals surface area contributed by atoms with Gasteiger partial charge in [0.15, 0.2) is 0 Å². The maximum atomic E-state index is 10.1. The van der Waals surface area contributed by atoms with Crippen LogP contribution in [-0.4, -0.2) is 27.0 Å². The minimum absolute atomic E-state index is 0.0286. The molecule has 0 radical (unpaired) electrons. The molecule has 0 amide bonds. The average molecular weight is 351 g/mol. The van der Waals surface area contributed by atoms with Gasteiger partial charge >= 0.3 is 0 Å². The number of hydrogen-bond donors (Lipinski definition) is 4. The Labute approximate surface area is 144 Å². The summed E-state index contributed by atoms with van der Waals surface area (Å²) in [6.45, 7) is -0.260. The lowest BCUT2D eigenvalue weighted by Gasteiger charge is -2.10. The van der Waals surface area contributed by atoms with Crippen LogP contribution in [0, 0.1) is 0 Å². The van der Waals surface area contributed by atoms with Gasteiger partial charge in [0.2, 0.25) is 0 Å². The van der Waals surface area contributed by atoms with Crippen molar-refractivity contribution in [1.82, 2.24) is 0 Å². The fourth-order valence-electron chi connectivity index (χ4n) is 2.21. The van der Waals surface area contributed by atoms with E-state index < -0.39 is 12.2 Å². The van der Waals surface area contributed by atoms with Crippen molar-refractivity contribution in [3.8, 4) is 5.75 Å². The van der Waals surface area contributed by atoms with E-state index in [1.165, 1.54) is 18.4 Å². The molecule has 0 aliphatic heterocycles. The zero-order valence-corrected chi connectivity index (χ0v) is 13.6. The van der Waals surface area contributed by atoms with Crippen LogP contribution in [0.3, 0.4) is 0 Å². The number of rotatable bonds is 7. The number of aliphatic hydroxyl groups excluding tert-OH is 3. The van der Waals surface area contributed by atoms with Gasteiger partial charge in [-0.1, -0.05) is 17.7 Å². The molecule has 2 atom stereocenters. The van der Waals surface area contributed by atoms with E-state index in [-0.39, 0.29) is 30.2 Å². The van der Waals surface area contributed by atoms with Crippen LogP contribution in [0.5, 0.6) is 5.75 Å². The summed E-state index contributed by atoms with van der Waals surface area (Å²) in [7, 11) is 0. The van der Waals surface area contributed by atoms with Gasteiger partial charge in [0.25, 0.3) is 0 Å². The van der Waals surface area contributed by atoms with Crippen molar-refractivity contribution in [2.75, 3.05) is 6.61 Å². The highest BCUT2D eigenvalue weighted by Gasteiger charge is 2.13. The summed E-state index contributed by atoms with van der Waals surface area (Å²) in [4.78, 5) is 0. The van der Waals surface area contributed by atoms with Gasteiger partial charge in [0, 0.05) is 12.8 Å². The molecule has 1 heterocycles. The highest BCUT2D eigenvalue weighted by atomic mass is 35.5. The largest absolute Gasteiger partial charge is 0.508 e. The third-order valence-electron chi connectivity index (χ3n) is 3.49. The number of halogens is 1. The van der Waals surface area contributed by atoms with Gasteiger partial charge in [-0.15, -0.1) is 5.73 Å². The van der Waals surface area contributed by atoms with Crippen LogP contribution in [0.2, 0.25) is 5.02 Å². The number of hydrogen-bond acceptors (Lipinski definition) is 5. The van der Waals surface area contributed by atoms with E-state index in [1.54, 1.807) is 24.3 Å². The number of benzene rings is 1. The number of phenols is 1. The van der Waals surface area contributed by atoms with Crippen LogP contribution in [0.4, 0.5) is 0 Å². The quantitative estimate of drug-likeness (QED) is 0.575. The van der Waals surface area contributed by atoms with Gasteiger partial charge < -0.3 is 24.8 Å². The monoisotopic (exact) mass is 350 g/mol. The second kappa shape index (κ2) is 8.73. The number of furan rings is 1. The molecule has 2 rings (SSSR count). The molecule has 0 aliphatic rings. The van der Waals surface area contributed by atoms with Crippen molar-refractivity contribution < 1.29 is 24.8 Å². The predicted molar refractivity (Wildman–Crippen MR) is 89.7 cm³/mol. The normalized spacial score (nSPS) is 13.2. The highest BCUT2D eigenvalue weighted by molar-refractivity contribution is 6.31. The topological polar surface area (TPSA) is 94.1 Å². The Morgan fingerprint density at radius 3 is 2.67 bits per heavy atom. The maximum absolute atomic E-state index is 10.1. The van der Waals surface area contributed by atoms with Gasteiger partial charge in [-0.05, 0) is 41.5 Å². The molecule has 5 nitrogen and oxygen atoms in total. The molecule has 0 spiro atoms. The molecular formula is C18H19ClO5. The minimum Gasteiger partial charge on any atom is -0.508 e. The van der Waals surface area contributed by atoms with E-state index in [2.05, 4.69) is 5.73 Å². The van der Waals surface area contributed by atoms with Crippen LogP contribution in [0.25, 0.3) is 0 Å². The molecule has 6 heteroatoms. The van der Waals surface area contributed by atoms with Crippen LogP contribution in [0.1, 0.15) is 36.4 Å². The summed E-state index contributed by atoms with van der Waals surface area (Å²) < 4.78 is 5.11. The smallest absolute Gasteiger partial charge is 0.132 e. The third kappa shape index (κ3) is 4.99. The SMILES string of the molecule is OCC(=C=CC[C@@H](O)c1ccc(O)cc1Cl)C[C@@H](O)c1ccco1. The van der Waals surface area contributed by atoms with Gasteiger partial charge in [0.05, 0.1) is 24.0 Å². The van der Waals surface area contributed by atoms with E-state index in [4.69, 9.17) is 16.0 Å². The molecule has 128 valence electrons. The fourth-order valence-corrected chi connectivity index (χ4v) is 2.51. The Balaban J connectivity index is 2.02. The van der Waals surface area contributed by atoms with Crippen molar-refractivity contribution in [2.45, 2.75) is 25.0 Å². The summed E-state index contributed by atoms with van der Waals surface area (Å²) in [5.41, 5.74) is 3.86. The minimum atomic E-state index is -0.862. The first-order valence-corrected chi connectivity index (χ1v) is 7.80. The fraction of sp³-hybridized carbons (Fsp3) is 0.278. The molecule has 0 fully saturated rings. The van der Waals surface area contributed by atoms with E-state index in [9.17, 15) is 20.4 Å². The molecule has 0 bridgehead atoms. The second-order valence-electron chi connectivity index (χ2n) is 5.30. The first-order chi connectivity index (χ1) is 11.5. The standard InChI is InChI=1S/C18H19ClO5/c19-15-10-13(21)6-7-14(15)16(22)4-1-3-12(11-20)9-17(23)18-5-2-8-24-18/h1-2,5-8,10,16-17,20-23H,4,9,11H2/t3?,16-,17-/m1/s1. The van der Waals surface area contributed by atoms with E-state index in [1.807, 2.05) is 0 Å². The maximum Gasteiger partial charge on any atom is 0.132 e. The molecule has 0 unspecified atom stereocenters. The summed E-state index contributed by atoms with van der Waals surface area (Å²) in [5.74, 6) is 0.444. The number of aliphatic hydroxyl groups is 3. The van der Waals surface area contributed by atoms with Crippen molar-refractivity contribution >= 4 is 11.6 Å². The second-order valence-corrected chi connectivity index (χ2v) is 5.71. The summed E-state index contributed by atoms with van der Waals surface area (Å²) in [6.07, 6.45) is 1.73. The Morgan fingerprint density at radius 1 is 1.25 bits per heavy atom. The zero-order valence-electron chi connectivity index (χ0n) is 12.9. The lowest BCUT2D eigenvalue weighted by atomic mass is 10.0.